The minimum absolute atomic E-state index is 0.000979. The summed E-state index contributed by atoms with van der Waals surface area (Å²) >= 11 is 1.35. The van der Waals surface area contributed by atoms with Gasteiger partial charge < -0.3 is 30.1 Å². The summed E-state index contributed by atoms with van der Waals surface area (Å²) in [7, 11) is 0. The van der Waals surface area contributed by atoms with E-state index in [2.05, 4.69) is 20.3 Å². The van der Waals surface area contributed by atoms with Crippen LogP contribution in [0.3, 0.4) is 0 Å². The third kappa shape index (κ3) is 6.85. The van der Waals surface area contributed by atoms with Crippen LogP contribution < -0.4 is 5.32 Å². The lowest BCUT2D eigenvalue weighted by molar-refractivity contribution is -0.384. The van der Waals surface area contributed by atoms with Crippen molar-refractivity contribution in [1.82, 2.24) is 24.8 Å². The number of non-ortho nitro benzene ring substituents is 1. The Kier molecular flexibility index (Phi) is 9.36. The first-order chi connectivity index (χ1) is 18.8. The molecule has 0 aliphatic carbocycles. The molecule has 0 unspecified atom stereocenters. The van der Waals surface area contributed by atoms with Gasteiger partial charge in [-0.1, -0.05) is 23.9 Å². The van der Waals surface area contributed by atoms with Crippen molar-refractivity contribution >= 4 is 40.5 Å². The molecule has 1 aromatic carbocycles. The Labute approximate surface area is 225 Å². The molecule has 16 heteroatoms. The molecule has 0 spiro atoms. The summed E-state index contributed by atoms with van der Waals surface area (Å²) < 4.78 is 12.3. The number of rotatable bonds is 12. The molecule has 4 N–H and O–H groups in total. The van der Waals surface area contributed by atoms with Gasteiger partial charge in [0.05, 0.1) is 24.3 Å². The molecule has 2 aromatic heterocycles. The maximum absolute atomic E-state index is 12.0. The Morgan fingerprint density at radius 3 is 2.64 bits per heavy atom. The van der Waals surface area contributed by atoms with Gasteiger partial charge in [0.1, 0.15) is 41.8 Å². The van der Waals surface area contributed by atoms with Crippen LogP contribution in [0.15, 0.2) is 41.9 Å². The Morgan fingerprint density at radius 2 is 1.92 bits per heavy atom. The number of aromatic nitrogens is 4. The number of benzene rings is 1. The number of amides is 1. The number of nitrogens with zero attached hydrogens (tertiary/aromatic N) is 5. The van der Waals surface area contributed by atoms with Crippen LogP contribution in [0.5, 0.6) is 0 Å². The van der Waals surface area contributed by atoms with E-state index in [4.69, 9.17) is 14.6 Å². The molecule has 208 valence electrons. The lowest BCUT2D eigenvalue weighted by Gasteiger charge is -2.16. The van der Waals surface area contributed by atoms with Crippen LogP contribution >= 0.6 is 11.8 Å². The van der Waals surface area contributed by atoms with E-state index in [1.807, 2.05) is 0 Å². The van der Waals surface area contributed by atoms with Gasteiger partial charge in [-0.15, -0.1) is 0 Å². The number of nitro groups is 1. The number of carbonyl (C=O) groups excluding carboxylic acids is 2. The lowest BCUT2D eigenvalue weighted by atomic mass is 10.1. The molecule has 0 saturated carbocycles. The van der Waals surface area contributed by atoms with Gasteiger partial charge in [0.25, 0.3) is 5.69 Å². The van der Waals surface area contributed by atoms with Crippen LogP contribution in [0, 0.1) is 10.1 Å². The van der Waals surface area contributed by atoms with Crippen LogP contribution in [0.4, 0.5) is 5.69 Å². The maximum Gasteiger partial charge on any atom is 0.306 e. The van der Waals surface area contributed by atoms with Gasteiger partial charge >= 0.3 is 5.97 Å². The summed E-state index contributed by atoms with van der Waals surface area (Å²) in [6.45, 7) is -0.468. The number of fused-ring (bicyclic) bond motifs is 1. The maximum atomic E-state index is 12.0. The second-order valence-electron chi connectivity index (χ2n) is 8.52. The average molecular weight is 563 g/mol. The molecule has 1 aliphatic rings. The number of nitrogens with one attached hydrogen (secondary N) is 1. The Balaban J connectivity index is 1.37. The van der Waals surface area contributed by atoms with Crippen molar-refractivity contribution in [2.45, 2.75) is 48.2 Å². The van der Waals surface area contributed by atoms with Gasteiger partial charge in [0, 0.05) is 30.9 Å². The molecular formula is C23H26N6O9S. The van der Waals surface area contributed by atoms with Crippen LogP contribution in [0.25, 0.3) is 11.2 Å². The fourth-order valence-corrected chi connectivity index (χ4v) is 4.73. The van der Waals surface area contributed by atoms with E-state index in [1.54, 1.807) is 12.1 Å². The van der Waals surface area contributed by atoms with Crippen LogP contribution in [-0.2, 0) is 24.8 Å². The SMILES string of the molecule is O=C(CCC(=O)OC[C@H]1O[C@@H](n2cnc3c(SCc4ccc([N+](=O)[O-])cc4)ncnc32)[C@H](O)[C@@H]1O)NCCO. The summed E-state index contributed by atoms with van der Waals surface area (Å²) in [6.07, 6.45) is -2.44. The largest absolute Gasteiger partial charge is 0.463 e. The molecule has 15 nitrogen and oxygen atoms in total. The lowest BCUT2D eigenvalue weighted by Crippen LogP contribution is -2.34. The highest BCUT2D eigenvalue weighted by atomic mass is 32.2. The van der Waals surface area contributed by atoms with E-state index in [0.717, 1.165) is 5.56 Å². The Bertz CT molecular complexity index is 1320. The molecule has 0 radical (unpaired) electrons. The predicted octanol–water partition coefficient (Wildman–Crippen LogP) is 0.0779. The first kappa shape index (κ1) is 28.3. The fourth-order valence-electron chi connectivity index (χ4n) is 3.83. The van der Waals surface area contributed by atoms with E-state index in [0.29, 0.717) is 21.9 Å². The fraction of sp³-hybridized carbons (Fsp3) is 0.435. The van der Waals surface area contributed by atoms with Gasteiger partial charge in [-0.3, -0.25) is 24.3 Å². The van der Waals surface area contributed by atoms with E-state index in [9.17, 15) is 29.9 Å². The highest BCUT2D eigenvalue weighted by Crippen LogP contribution is 2.34. The van der Waals surface area contributed by atoms with E-state index < -0.39 is 41.3 Å². The van der Waals surface area contributed by atoms with Crippen molar-refractivity contribution < 1.29 is 39.3 Å². The number of ether oxygens (including phenoxy) is 2. The molecule has 1 saturated heterocycles. The Morgan fingerprint density at radius 1 is 1.15 bits per heavy atom. The molecular weight excluding hydrogens is 536 g/mol. The van der Waals surface area contributed by atoms with Gasteiger partial charge in [0.15, 0.2) is 11.9 Å². The second kappa shape index (κ2) is 12.9. The zero-order valence-corrected chi connectivity index (χ0v) is 21.3. The number of nitro benzene ring substituents is 1. The number of thioether (sulfide) groups is 1. The predicted molar refractivity (Wildman–Crippen MR) is 134 cm³/mol. The molecule has 3 aromatic rings. The number of imidazole rings is 1. The number of hydrogen-bond acceptors (Lipinski definition) is 13. The van der Waals surface area contributed by atoms with Crippen molar-refractivity contribution in [1.29, 1.82) is 0 Å². The second-order valence-corrected chi connectivity index (χ2v) is 9.48. The van der Waals surface area contributed by atoms with Crippen molar-refractivity contribution in [2.24, 2.45) is 0 Å². The standard InChI is InChI=1S/C23H26N6O9S/c30-8-7-24-16(31)5-6-17(32)37-9-15-19(33)20(34)23(38-15)28-12-27-18-21(28)25-11-26-22(18)39-10-13-1-3-14(4-2-13)29(35)36/h1-4,11-12,15,19-20,23,30,33-34H,5-10H2,(H,24,31)/t15-,19-,20-,23-/m1/s1. The summed E-state index contributed by atoms with van der Waals surface area (Å²) in [6, 6.07) is 6.17. The molecule has 3 heterocycles. The molecule has 4 atom stereocenters. The minimum Gasteiger partial charge on any atom is -0.463 e. The van der Waals surface area contributed by atoms with Crippen molar-refractivity contribution in [2.75, 3.05) is 19.8 Å². The third-order valence-electron chi connectivity index (χ3n) is 5.86. The summed E-state index contributed by atoms with van der Waals surface area (Å²) in [5.41, 5.74) is 1.62. The van der Waals surface area contributed by atoms with Crippen LogP contribution in [-0.4, -0.2) is 89.7 Å². The zero-order valence-electron chi connectivity index (χ0n) is 20.5. The molecule has 1 aliphatic heterocycles. The number of aliphatic hydroxyl groups excluding tert-OH is 3. The van der Waals surface area contributed by atoms with Crippen LogP contribution in [0.2, 0.25) is 0 Å². The average Bonchev–Trinajstić information content (AvgIpc) is 3.49. The normalized spacial score (nSPS) is 20.7. The molecule has 0 bridgehead atoms. The van der Waals surface area contributed by atoms with Gasteiger partial charge in [-0.2, -0.15) is 0 Å². The van der Waals surface area contributed by atoms with E-state index in [1.165, 1.54) is 41.1 Å². The highest BCUT2D eigenvalue weighted by Gasteiger charge is 2.45. The van der Waals surface area contributed by atoms with Crippen LogP contribution in [0.1, 0.15) is 24.6 Å². The zero-order chi connectivity index (χ0) is 27.9. The smallest absolute Gasteiger partial charge is 0.306 e. The van der Waals surface area contributed by atoms with E-state index >= 15 is 0 Å². The van der Waals surface area contributed by atoms with Crippen molar-refractivity contribution in [3.63, 3.8) is 0 Å². The quantitative estimate of drug-likeness (QED) is 0.0758. The van der Waals surface area contributed by atoms with E-state index in [-0.39, 0.29) is 38.3 Å². The Hall–Kier alpha value is -3.70. The molecule has 4 rings (SSSR count). The summed E-state index contributed by atoms with van der Waals surface area (Å²) in [5, 5.41) is 43.6. The number of hydrogen-bond donors (Lipinski definition) is 4. The van der Waals surface area contributed by atoms with Gasteiger partial charge in [-0.05, 0) is 5.56 Å². The highest BCUT2D eigenvalue weighted by molar-refractivity contribution is 7.98. The molecule has 39 heavy (non-hydrogen) atoms. The summed E-state index contributed by atoms with van der Waals surface area (Å²) in [4.78, 5) is 46.8. The topological polar surface area (TPSA) is 212 Å². The number of esters is 1. The number of aliphatic hydroxyl groups is 3. The molecule has 1 amide bonds. The van der Waals surface area contributed by atoms with Gasteiger partial charge in [-0.25, -0.2) is 15.0 Å². The van der Waals surface area contributed by atoms with Crippen molar-refractivity contribution in [3.8, 4) is 0 Å². The first-order valence-electron chi connectivity index (χ1n) is 11.9. The summed E-state index contributed by atoms with van der Waals surface area (Å²) in [5.74, 6) is -0.624. The third-order valence-corrected chi connectivity index (χ3v) is 6.91. The van der Waals surface area contributed by atoms with Crippen molar-refractivity contribution in [3.05, 3.63) is 52.6 Å². The molecule has 1 fully saturated rings. The monoisotopic (exact) mass is 562 g/mol. The first-order valence-corrected chi connectivity index (χ1v) is 12.9. The van der Waals surface area contributed by atoms with Gasteiger partial charge in [0.2, 0.25) is 5.91 Å². The minimum atomic E-state index is -1.37. The number of carbonyl (C=O) groups is 2.